The van der Waals surface area contributed by atoms with E-state index in [9.17, 15) is 4.79 Å². The number of ether oxygens (including phenoxy) is 1. The molecule has 2 N–H and O–H groups in total. The van der Waals surface area contributed by atoms with E-state index in [1.54, 1.807) is 43.5 Å². The van der Waals surface area contributed by atoms with Crippen LogP contribution < -0.4 is 10.2 Å². The number of aromatic nitrogens is 2. The van der Waals surface area contributed by atoms with Crippen molar-refractivity contribution in [3.8, 4) is 17.0 Å². The number of hydrogen-bond donors (Lipinski definition) is 2. The monoisotopic (exact) mass is 388 g/mol. The number of rotatable bonds is 5. The summed E-state index contributed by atoms with van der Waals surface area (Å²) >= 11 is 12.1. The molecule has 0 radical (unpaired) electrons. The average Bonchev–Trinajstić information content (AvgIpc) is 3.14. The Morgan fingerprint density at radius 1 is 1.19 bits per heavy atom. The molecule has 0 aliphatic carbocycles. The predicted molar refractivity (Wildman–Crippen MR) is 102 cm³/mol. The van der Waals surface area contributed by atoms with E-state index in [0.29, 0.717) is 21.3 Å². The lowest BCUT2D eigenvalue weighted by Gasteiger charge is -2.00. The quantitative estimate of drug-likeness (QED) is 0.508. The lowest BCUT2D eigenvalue weighted by molar-refractivity contribution is 0.0950. The molecule has 1 aromatic heterocycles. The van der Waals surface area contributed by atoms with Crippen molar-refractivity contribution in [3.05, 3.63) is 69.8 Å². The summed E-state index contributed by atoms with van der Waals surface area (Å²) in [5.74, 6) is 0.322. The molecular weight excluding hydrogens is 375 g/mol. The Labute approximate surface area is 159 Å². The van der Waals surface area contributed by atoms with Gasteiger partial charge >= 0.3 is 0 Å². The first-order valence-electron chi connectivity index (χ1n) is 7.55. The van der Waals surface area contributed by atoms with E-state index < -0.39 is 5.91 Å². The number of hydrazone groups is 1. The number of amides is 1. The number of methoxy groups -OCH3 is 1. The summed E-state index contributed by atoms with van der Waals surface area (Å²) in [6.45, 7) is 0. The Hall–Kier alpha value is -2.83. The molecule has 0 bridgehead atoms. The van der Waals surface area contributed by atoms with Crippen LogP contribution in [0.4, 0.5) is 0 Å². The van der Waals surface area contributed by atoms with Crippen molar-refractivity contribution in [2.75, 3.05) is 7.11 Å². The third-order valence-corrected chi connectivity index (χ3v) is 4.09. The molecule has 0 aliphatic heterocycles. The van der Waals surface area contributed by atoms with Crippen LogP contribution in [0, 0.1) is 0 Å². The first-order chi connectivity index (χ1) is 12.6. The minimum Gasteiger partial charge on any atom is -0.497 e. The minimum atomic E-state index is -0.424. The molecule has 1 heterocycles. The SMILES string of the molecule is COc1ccc(C=NNC(=O)c2cc(-c3cc(Cl)ccc3Cl)n[nH]2)cc1. The number of halogens is 2. The molecule has 0 unspecified atom stereocenters. The Kier molecular flexibility index (Phi) is 5.55. The van der Waals surface area contributed by atoms with Gasteiger partial charge in [0, 0.05) is 10.6 Å². The van der Waals surface area contributed by atoms with Gasteiger partial charge in [-0.25, -0.2) is 5.43 Å². The smallest absolute Gasteiger partial charge is 0.289 e. The highest BCUT2D eigenvalue weighted by atomic mass is 35.5. The van der Waals surface area contributed by atoms with Crippen LogP contribution in [0.2, 0.25) is 10.0 Å². The maximum atomic E-state index is 12.2. The fourth-order valence-corrected chi connectivity index (χ4v) is 2.57. The molecule has 6 nitrogen and oxygen atoms in total. The Balaban J connectivity index is 1.68. The molecule has 0 atom stereocenters. The Bertz CT molecular complexity index is 952. The summed E-state index contributed by atoms with van der Waals surface area (Å²) < 4.78 is 5.08. The van der Waals surface area contributed by atoms with Crippen LogP contribution in [-0.4, -0.2) is 29.4 Å². The van der Waals surface area contributed by atoms with Crippen LogP contribution in [0.5, 0.6) is 5.75 Å². The fourth-order valence-electron chi connectivity index (χ4n) is 2.19. The van der Waals surface area contributed by atoms with E-state index in [4.69, 9.17) is 27.9 Å². The summed E-state index contributed by atoms with van der Waals surface area (Å²) in [5.41, 5.74) is 4.66. The molecule has 3 aromatic rings. The first kappa shape index (κ1) is 18.0. The second kappa shape index (κ2) is 8.03. The molecule has 0 aliphatic rings. The van der Waals surface area contributed by atoms with Gasteiger partial charge in [0.2, 0.25) is 0 Å². The second-order valence-corrected chi connectivity index (χ2v) is 6.11. The summed E-state index contributed by atoms with van der Waals surface area (Å²) in [7, 11) is 1.60. The fraction of sp³-hybridized carbons (Fsp3) is 0.0556. The summed E-state index contributed by atoms with van der Waals surface area (Å²) in [6, 6.07) is 13.9. The number of aromatic amines is 1. The van der Waals surface area contributed by atoms with Crippen molar-refractivity contribution < 1.29 is 9.53 Å². The van der Waals surface area contributed by atoms with Gasteiger partial charge in [-0.3, -0.25) is 9.89 Å². The summed E-state index contributed by atoms with van der Waals surface area (Å²) in [5, 5.41) is 11.7. The summed E-state index contributed by atoms with van der Waals surface area (Å²) in [4.78, 5) is 12.2. The molecule has 0 spiro atoms. The minimum absolute atomic E-state index is 0.253. The van der Waals surface area contributed by atoms with Crippen molar-refractivity contribution in [1.82, 2.24) is 15.6 Å². The maximum absolute atomic E-state index is 12.2. The van der Waals surface area contributed by atoms with Gasteiger partial charge < -0.3 is 4.74 Å². The van der Waals surface area contributed by atoms with Gasteiger partial charge in [-0.1, -0.05) is 23.2 Å². The van der Waals surface area contributed by atoms with E-state index in [1.165, 1.54) is 6.21 Å². The van der Waals surface area contributed by atoms with E-state index >= 15 is 0 Å². The molecular formula is C18H14Cl2N4O2. The molecule has 2 aromatic carbocycles. The number of nitrogens with zero attached hydrogens (tertiary/aromatic N) is 2. The third kappa shape index (κ3) is 4.22. The number of carbonyl (C=O) groups excluding carboxylic acids is 1. The number of carbonyl (C=O) groups is 1. The zero-order chi connectivity index (χ0) is 18.5. The van der Waals surface area contributed by atoms with Crippen molar-refractivity contribution in [1.29, 1.82) is 0 Å². The van der Waals surface area contributed by atoms with Crippen LogP contribution in [0.25, 0.3) is 11.3 Å². The molecule has 0 fully saturated rings. The average molecular weight is 389 g/mol. The van der Waals surface area contributed by atoms with Crippen LogP contribution in [0.3, 0.4) is 0 Å². The number of benzene rings is 2. The van der Waals surface area contributed by atoms with Crippen molar-refractivity contribution in [3.63, 3.8) is 0 Å². The van der Waals surface area contributed by atoms with Crippen LogP contribution in [-0.2, 0) is 0 Å². The zero-order valence-corrected chi connectivity index (χ0v) is 15.2. The maximum Gasteiger partial charge on any atom is 0.289 e. The van der Waals surface area contributed by atoms with Crippen molar-refractivity contribution in [2.24, 2.45) is 5.10 Å². The molecule has 3 rings (SSSR count). The largest absolute Gasteiger partial charge is 0.497 e. The lowest BCUT2D eigenvalue weighted by atomic mass is 10.1. The number of hydrogen-bond acceptors (Lipinski definition) is 4. The molecule has 8 heteroatoms. The van der Waals surface area contributed by atoms with Crippen molar-refractivity contribution >= 4 is 35.3 Å². The van der Waals surface area contributed by atoms with Gasteiger partial charge in [0.25, 0.3) is 5.91 Å². The van der Waals surface area contributed by atoms with Crippen LogP contribution in [0.15, 0.2) is 53.6 Å². The zero-order valence-electron chi connectivity index (χ0n) is 13.7. The second-order valence-electron chi connectivity index (χ2n) is 5.26. The molecule has 1 amide bonds. The first-order valence-corrected chi connectivity index (χ1v) is 8.30. The normalized spacial score (nSPS) is 10.9. The van der Waals surface area contributed by atoms with Gasteiger partial charge in [0.15, 0.2) is 0 Å². The molecule has 0 saturated carbocycles. The van der Waals surface area contributed by atoms with Crippen LogP contribution in [0.1, 0.15) is 16.1 Å². The van der Waals surface area contributed by atoms with Gasteiger partial charge in [-0.2, -0.15) is 10.2 Å². The van der Waals surface area contributed by atoms with E-state index in [0.717, 1.165) is 11.3 Å². The number of H-pyrrole nitrogens is 1. The van der Waals surface area contributed by atoms with Crippen molar-refractivity contribution in [2.45, 2.75) is 0 Å². The van der Waals surface area contributed by atoms with Gasteiger partial charge in [0.1, 0.15) is 11.4 Å². The lowest BCUT2D eigenvalue weighted by Crippen LogP contribution is -2.17. The highest BCUT2D eigenvalue weighted by Gasteiger charge is 2.13. The number of nitrogens with one attached hydrogen (secondary N) is 2. The molecule has 0 saturated heterocycles. The molecule has 26 heavy (non-hydrogen) atoms. The highest BCUT2D eigenvalue weighted by molar-refractivity contribution is 6.35. The van der Waals surface area contributed by atoms with E-state index in [2.05, 4.69) is 20.7 Å². The van der Waals surface area contributed by atoms with Gasteiger partial charge in [-0.05, 0) is 54.1 Å². The van der Waals surface area contributed by atoms with E-state index in [-0.39, 0.29) is 5.69 Å². The van der Waals surface area contributed by atoms with Gasteiger partial charge in [0.05, 0.1) is 24.0 Å². The highest BCUT2D eigenvalue weighted by Crippen LogP contribution is 2.29. The third-order valence-electron chi connectivity index (χ3n) is 3.52. The standard InChI is InChI=1S/C18H14Cl2N4O2/c1-26-13-5-2-11(3-6-13)10-21-24-18(25)17-9-16(22-23-17)14-8-12(19)4-7-15(14)20/h2-10H,1H3,(H,22,23)(H,24,25). The van der Waals surface area contributed by atoms with Gasteiger partial charge in [-0.15, -0.1) is 0 Å². The topological polar surface area (TPSA) is 79.4 Å². The Morgan fingerprint density at radius 2 is 1.96 bits per heavy atom. The predicted octanol–water partition coefficient (Wildman–Crippen LogP) is 4.16. The van der Waals surface area contributed by atoms with Crippen LogP contribution >= 0.6 is 23.2 Å². The molecule has 132 valence electrons. The summed E-state index contributed by atoms with van der Waals surface area (Å²) in [6.07, 6.45) is 1.53. The van der Waals surface area contributed by atoms with E-state index in [1.807, 2.05) is 12.1 Å². The Morgan fingerprint density at radius 3 is 2.69 bits per heavy atom.